The Morgan fingerprint density at radius 1 is 1.16 bits per heavy atom. The van der Waals surface area contributed by atoms with Gasteiger partial charge >= 0.3 is 6.18 Å². The van der Waals surface area contributed by atoms with Crippen molar-refractivity contribution >= 4 is 21.4 Å². The summed E-state index contributed by atoms with van der Waals surface area (Å²) < 4.78 is 62.9. The number of benzene rings is 1. The van der Waals surface area contributed by atoms with Crippen molar-refractivity contribution in [2.75, 3.05) is 37.3 Å². The second kappa shape index (κ2) is 8.97. The molecule has 2 N–H and O–H groups in total. The van der Waals surface area contributed by atoms with E-state index in [9.17, 15) is 26.4 Å². The summed E-state index contributed by atoms with van der Waals surface area (Å²) in [6.45, 7) is 4.93. The molecule has 0 bridgehead atoms. The van der Waals surface area contributed by atoms with Crippen LogP contribution in [0.4, 0.5) is 18.9 Å². The van der Waals surface area contributed by atoms with Crippen molar-refractivity contribution < 1.29 is 26.4 Å². The summed E-state index contributed by atoms with van der Waals surface area (Å²) in [5, 5.41) is 0. The van der Waals surface area contributed by atoms with Gasteiger partial charge in [-0.05, 0) is 56.7 Å². The standard InChI is InChI=1S/C21H30F3N3O3S/c1-14-12-27(17-7-8-18(20(25)28)19(11-17)31(2,29)30)10-9-26(14)13-15-3-5-16(6-4-15)21(22,23)24/h7-8,11,14-16H,3-6,9-10,12-13H2,1-2H3,(H2,25,28)/t14-,15-,16+/m0/s1. The molecule has 0 unspecified atom stereocenters. The minimum absolute atomic E-state index is 0.0209. The molecule has 10 heteroatoms. The number of nitrogens with zero attached hydrogens (tertiary/aromatic N) is 2. The molecule has 174 valence electrons. The highest BCUT2D eigenvalue weighted by molar-refractivity contribution is 7.90. The number of carbonyl (C=O) groups is 1. The maximum Gasteiger partial charge on any atom is 0.391 e. The minimum Gasteiger partial charge on any atom is -0.369 e. The van der Waals surface area contributed by atoms with Crippen LogP contribution in [0.1, 0.15) is 43.0 Å². The Balaban J connectivity index is 1.62. The normalized spacial score (nSPS) is 26.1. The van der Waals surface area contributed by atoms with E-state index in [0.717, 1.165) is 19.3 Å². The summed E-state index contributed by atoms with van der Waals surface area (Å²) in [4.78, 5) is 15.9. The highest BCUT2D eigenvalue weighted by Crippen LogP contribution is 2.40. The maximum absolute atomic E-state index is 12.9. The number of nitrogens with two attached hydrogens (primary N) is 1. The first-order valence-electron chi connectivity index (χ1n) is 10.6. The summed E-state index contributed by atoms with van der Waals surface area (Å²) in [6, 6.07) is 4.82. The first-order chi connectivity index (χ1) is 14.4. The third-order valence-electron chi connectivity index (χ3n) is 6.56. The predicted molar refractivity (Wildman–Crippen MR) is 113 cm³/mol. The zero-order valence-electron chi connectivity index (χ0n) is 17.9. The van der Waals surface area contributed by atoms with E-state index in [1.807, 2.05) is 0 Å². The van der Waals surface area contributed by atoms with Crippen molar-refractivity contribution in [1.82, 2.24) is 4.90 Å². The lowest BCUT2D eigenvalue weighted by molar-refractivity contribution is -0.184. The highest BCUT2D eigenvalue weighted by atomic mass is 32.2. The third-order valence-corrected chi connectivity index (χ3v) is 7.70. The summed E-state index contributed by atoms with van der Waals surface area (Å²) in [6.07, 6.45) is -1.41. The Morgan fingerprint density at radius 3 is 2.32 bits per heavy atom. The first-order valence-corrected chi connectivity index (χ1v) is 12.4. The lowest BCUT2D eigenvalue weighted by Gasteiger charge is -2.43. The predicted octanol–water partition coefficient (Wildman–Crippen LogP) is 3.07. The van der Waals surface area contributed by atoms with Gasteiger partial charge in [0.05, 0.1) is 16.4 Å². The van der Waals surface area contributed by atoms with E-state index in [2.05, 4.69) is 16.7 Å². The van der Waals surface area contributed by atoms with Gasteiger partial charge in [-0.25, -0.2) is 8.42 Å². The van der Waals surface area contributed by atoms with E-state index in [1.165, 1.54) is 12.1 Å². The molecule has 1 saturated carbocycles. The second-order valence-corrected chi connectivity index (χ2v) is 10.9. The zero-order chi connectivity index (χ0) is 23.0. The second-order valence-electron chi connectivity index (χ2n) is 8.87. The molecule has 1 aromatic carbocycles. The van der Waals surface area contributed by atoms with E-state index >= 15 is 0 Å². The number of carbonyl (C=O) groups excluding carboxylic acids is 1. The molecule has 3 rings (SSSR count). The number of rotatable bonds is 5. The molecule has 31 heavy (non-hydrogen) atoms. The van der Waals surface area contributed by atoms with Gasteiger partial charge in [0.25, 0.3) is 0 Å². The first kappa shape index (κ1) is 23.8. The lowest BCUT2D eigenvalue weighted by Crippen LogP contribution is -2.53. The summed E-state index contributed by atoms with van der Waals surface area (Å²) >= 11 is 0. The number of piperazine rings is 1. The van der Waals surface area contributed by atoms with Gasteiger partial charge < -0.3 is 10.6 Å². The van der Waals surface area contributed by atoms with Crippen LogP contribution in [0.15, 0.2) is 23.1 Å². The zero-order valence-corrected chi connectivity index (χ0v) is 18.7. The topological polar surface area (TPSA) is 83.7 Å². The van der Waals surface area contributed by atoms with Crippen LogP contribution in [0.2, 0.25) is 0 Å². The SMILES string of the molecule is C[C@H]1CN(c2ccc(C(N)=O)c(S(C)(=O)=O)c2)CCN1C[C@H]1CC[C@@H](C(F)(F)F)CC1. The van der Waals surface area contributed by atoms with Crippen molar-refractivity contribution in [1.29, 1.82) is 0 Å². The largest absolute Gasteiger partial charge is 0.391 e. The summed E-state index contributed by atoms with van der Waals surface area (Å²) in [7, 11) is -3.62. The molecule has 1 heterocycles. The van der Waals surface area contributed by atoms with Crippen LogP contribution >= 0.6 is 0 Å². The number of hydrogen-bond acceptors (Lipinski definition) is 5. The Bertz CT molecular complexity index is 912. The number of sulfone groups is 1. The molecule has 2 fully saturated rings. The molecule has 1 aliphatic heterocycles. The fourth-order valence-corrected chi connectivity index (χ4v) is 5.63. The Labute approximate surface area is 181 Å². The average molecular weight is 462 g/mol. The van der Waals surface area contributed by atoms with Gasteiger partial charge in [0.1, 0.15) is 0 Å². The Hall–Kier alpha value is -1.81. The smallest absolute Gasteiger partial charge is 0.369 e. The van der Waals surface area contributed by atoms with Crippen molar-refractivity contribution in [3.8, 4) is 0 Å². The van der Waals surface area contributed by atoms with Gasteiger partial charge in [-0.3, -0.25) is 9.69 Å². The van der Waals surface area contributed by atoms with Crippen LogP contribution in [-0.2, 0) is 9.84 Å². The van der Waals surface area contributed by atoms with E-state index in [0.29, 0.717) is 31.6 Å². The van der Waals surface area contributed by atoms with Crippen LogP contribution in [0, 0.1) is 11.8 Å². The van der Waals surface area contributed by atoms with Crippen LogP contribution < -0.4 is 10.6 Å². The summed E-state index contributed by atoms with van der Waals surface area (Å²) in [5.41, 5.74) is 6.01. The van der Waals surface area contributed by atoms with Crippen molar-refractivity contribution in [2.24, 2.45) is 17.6 Å². The van der Waals surface area contributed by atoms with Crippen LogP contribution in [0.3, 0.4) is 0 Å². The van der Waals surface area contributed by atoms with Crippen molar-refractivity contribution in [3.63, 3.8) is 0 Å². The van der Waals surface area contributed by atoms with Crippen LogP contribution in [-0.4, -0.2) is 63.9 Å². The average Bonchev–Trinajstić information content (AvgIpc) is 2.68. The van der Waals surface area contributed by atoms with Crippen molar-refractivity contribution in [2.45, 2.75) is 49.7 Å². The van der Waals surface area contributed by atoms with Crippen molar-refractivity contribution in [3.05, 3.63) is 23.8 Å². The van der Waals surface area contributed by atoms with Crippen LogP contribution in [0.25, 0.3) is 0 Å². The number of amides is 1. The Morgan fingerprint density at radius 2 is 1.81 bits per heavy atom. The van der Waals surface area contributed by atoms with Gasteiger partial charge in [-0.2, -0.15) is 13.2 Å². The van der Waals surface area contributed by atoms with Gasteiger partial charge in [0.15, 0.2) is 9.84 Å². The number of primary amides is 1. The molecule has 0 spiro atoms. The summed E-state index contributed by atoms with van der Waals surface area (Å²) in [5.74, 6) is -1.67. The van der Waals surface area contributed by atoms with E-state index in [4.69, 9.17) is 5.73 Å². The minimum atomic E-state index is -4.08. The Kier molecular flexibility index (Phi) is 6.90. The number of hydrogen-bond donors (Lipinski definition) is 1. The van der Waals surface area contributed by atoms with Gasteiger partial charge in [0.2, 0.25) is 5.91 Å². The fourth-order valence-electron chi connectivity index (χ4n) is 4.72. The molecule has 0 radical (unpaired) electrons. The number of anilines is 1. The molecule has 6 nitrogen and oxygen atoms in total. The fraction of sp³-hybridized carbons (Fsp3) is 0.667. The molecule has 1 atom stereocenters. The van der Waals surface area contributed by atoms with Gasteiger partial charge in [-0.15, -0.1) is 0 Å². The van der Waals surface area contributed by atoms with E-state index < -0.39 is 27.8 Å². The van der Waals surface area contributed by atoms with Gasteiger partial charge in [-0.1, -0.05) is 0 Å². The molecule has 2 aliphatic rings. The molecular formula is C21H30F3N3O3S. The molecule has 1 saturated heterocycles. The molecule has 1 aromatic rings. The molecule has 1 aliphatic carbocycles. The highest BCUT2D eigenvalue weighted by Gasteiger charge is 2.41. The molecular weight excluding hydrogens is 431 g/mol. The van der Waals surface area contributed by atoms with E-state index in [-0.39, 0.29) is 35.3 Å². The molecule has 0 aromatic heterocycles. The third kappa shape index (κ3) is 5.71. The molecule has 1 amide bonds. The maximum atomic E-state index is 12.9. The quantitative estimate of drug-likeness (QED) is 0.729. The number of alkyl halides is 3. The van der Waals surface area contributed by atoms with Gasteiger partial charge in [0, 0.05) is 44.2 Å². The lowest BCUT2D eigenvalue weighted by atomic mass is 9.81. The van der Waals surface area contributed by atoms with Crippen LogP contribution in [0.5, 0.6) is 0 Å². The monoisotopic (exact) mass is 461 g/mol. The number of halogens is 3. The van der Waals surface area contributed by atoms with E-state index in [1.54, 1.807) is 6.07 Å².